The van der Waals surface area contributed by atoms with Crippen molar-refractivity contribution in [3.63, 3.8) is 0 Å². The first-order chi connectivity index (χ1) is 13.2. The van der Waals surface area contributed by atoms with Crippen molar-refractivity contribution in [2.75, 3.05) is 39.4 Å². The maximum atomic E-state index is 12.7. The Morgan fingerprint density at radius 1 is 1.15 bits per heavy atom. The number of hydrogen-bond acceptors (Lipinski definition) is 5. The van der Waals surface area contributed by atoms with Gasteiger partial charge >= 0.3 is 0 Å². The van der Waals surface area contributed by atoms with Crippen LogP contribution in [-0.4, -0.2) is 60.1 Å². The molecule has 3 aliphatic heterocycles. The lowest BCUT2D eigenvalue weighted by Gasteiger charge is -2.34. The topological polar surface area (TPSA) is 54.9 Å². The zero-order valence-electron chi connectivity index (χ0n) is 16.1. The number of aromatic nitrogens is 1. The third-order valence-corrected chi connectivity index (χ3v) is 6.10. The summed E-state index contributed by atoms with van der Waals surface area (Å²) in [5, 5.41) is 0. The summed E-state index contributed by atoms with van der Waals surface area (Å²) in [6.45, 7) is 7.74. The molecule has 1 aromatic heterocycles. The molecule has 4 heterocycles. The summed E-state index contributed by atoms with van der Waals surface area (Å²) in [6, 6.07) is 4.15. The maximum absolute atomic E-state index is 12.7. The van der Waals surface area contributed by atoms with Crippen molar-refractivity contribution >= 4 is 5.91 Å². The molecule has 4 rings (SSSR count). The van der Waals surface area contributed by atoms with Gasteiger partial charge in [0.2, 0.25) is 5.76 Å². The molecule has 146 valence electrons. The van der Waals surface area contributed by atoms with Crippen LogP contribution in [0.25, 0.3) is 0 Å². The highest BCUT2D eigenvalue weighted by molar-refractivity contribution is 5.92. The van der Waals surface area contributed by atoms with Crippen LogP contribution in [0.5, 0.6) is 0 Å². The van der Waals surface area contributed by atoms with Gasteiger partial charge < -0.3 is 14.4 Å². The van der Waals surface area contributed by atoms with Crippen molar-refractivity contribution in [1.29, 1.82) is 0 Å². The zero-order valence-corrected chi connectivity index (χ0v) is 16.1. The van der Waals surface area contributed by atoms with Gasteiger partial charge in [0.05, 0.1) is 0 Å². The van der Waals surface area contributed by atoms with E-state index in [1.807, 2.05) is 30.3 Å². The average Bonchev–Trinajstić information content (AvgIpc) is 3.19. The van der Waals surface area contributed by atoms with E-state index in [0.29, 0.717) is 36.6 Å². The van der Waals surface area contributed by atoms with Crippen LogP contribution >= 0.6 is 0 Å². The molecule has 0 N–H and O–H groups in total. The second-order valence-electron chi connectivity index (χ2n) is 7.86. The Hall–Kier alpha value is -2.08. The first-order valence-corrected chi connectivity index (χ1v) is 10.1. The lowest BCUT2D eigenvalue weighted by molar-refractivity contribution is -0.132. The number of ether oxygens (including phenoxy) is 2. The van der Waals surface area contributed by atoms with Crippen molar-refractivity contribution in [3.8, 4) is 0 Å². The first-order valence-electron chi connectivity index (χ1n) is 10.1. The molecular formula is C21H29N3O3. The van der Waals surface area contributed by atoms with Crippen LogP contribution < -0.4 is 0 Å². The van der Waals surface area contributed by atoms with Crippen molar-refractivity contribution in [1.82, 2.24) is 14.8 Å². The maximum Gasteiger partial charge on any atom is 0.292 e. The lowest BCUT2D eigenvalue weighted by Crippen LogP contribution is -2.37. The normalized spacial score (nSPS) is 24.6. The van der Waals surface area contributed by atoms with Gasteiger partial charge in [-0.1, -0.05) is 6.07 Å². The molecule has 1 atom stereocenters. The molecule has 27 heavy (non-hydrogen) atoms. The van der Waals surface area contributed by atoms with Crippen LogP contribution in [0.1, 0.15) is 31.7 Å². The van der Waals surface area contributed by atoms with Gasteiger partial charge in [-0.25, -0.2) is 0 Å². The molecule has 0 aromatic carbocycles. The number of allylic oxidation sites excluding steroid dienone is 1. The summed E-state index contributed by atoms with van der Waals surface area (Å²) in [5.41, 5.74) is 1.28. The zero-order chi connectivity index (χ0) is 18.6. The molecule has 0 spiro atoms. The average molecular weight is 371 g/mol. The molecule has 1 aromatic rings. The minimum atomic E-state index is 0.00344. The SMILES string of the molecule is CC1=C(C(=O)N2CC[C@H](C3CCN(Cc4cccnc4)CC3)C2)OCCO1. The number of nitrogens with zero attached hydrogens (tertiary/aromatic N) is 3. The number of amides is 1. The Labute approximate surface area is 161 Å². The number of piperidine rings is 1. The fourth-order valence-corrected chi connectivity index (χ4v) is 4.55. The summed E-state index contributed by atoms with van der Waals surface area (Å²) in [5.74, 6) is 2.36. The van der Waals surface area contributed by atoms with Crippen molar-refractivity contribution < 1.29 is 14.3 Å². The molecule has 6 heteroatoms. The number of rotatable bonds is 4. The third kappa shape index (κ3) is 4.26. The minimum Gasteiger partial charge on any atom is -0.491 e. The lowest BCUT2D eigenvalue weighted by atomic mass is 9.83. The van der Waals surface area contributed by atoms with Crippen molar-refractivity contribution in [3.05, 3.63) is 41.6 Å². The second-order valence-corrected chi connectivity index (χ2v) is 7.86. The fraction of sp³-hybridized carbons (Fsp3) is 0.619. The molecule has 3 aliphatic rings. The van der Waals surface area contributed by atoms with E-state index in [0.717, 1.165) is 39.1 Å². The highest BCUT2D eigenvalue weighted by Gasteiger charge is 2.36. The molecule has 0 bridgehead atoms. The molecule has 0 radical (unpaired) electrons. The van der Waals surface area contributed by atoms with Gasteiger partial charge in [0.15, 0.2) is 0 Å². The Morgan fingerprint density at radius 2 is 1.93 bits per heavy atom. The van der Waals surface area contributed by atoms with Crippen LogP contribution in [0.3, 0.4) is 0 Å². The van der Waals surface area contributed by atoms with Crippen LogP contribution in [0.4, 0.5) is 0 Å². The summed E-state index contributed by atoms with van der Waals surface area (Å²) in [7, 11) is 0. The summed E-state index contributed by atoms with van der Waals surface area (Å²) >= 11 is 0. The second kappa shape index (κ2) is 8.30. The van der Waals surface area contributed by atoms with E-state index in [-0.39, 0.29) is 5.91 Å². The highest BCUT2D eigenvalue weighted by atomic mass is 16.6. The number of hydrogen-bond donors (Lipinski definition) is 0. The predicted octanol–water partition coefficient (Wildman–Crippen LogP) is 2.42. The molecule has 2 fully saturated rings. The standard InChI is InChI=1S/C21H29N3O3/c1-16-20(27-12-11-26-16)21(25)24-10-6-19(15-24)18-4-8-23(9-5-18)14-17-3-2-7-22-13-17/h2-3,7,13,18-19H,4-6,8-12,14-15H2,1H3/t19-/m0/s1. The quantitative estimate of drug-likeness (QED) is 0.814. The Balaban J connectivity index is 1.27. The van der Waals surface area contributed by atoms with Gasteiger partial charge in [0.1, 0.15) is 19.0 Å². The van der Waals surface area contributed by atoms with Gasteiger partial charge in [-0.3, -0.25) is 14.7 Å². The van der Waals surface area contributed by atoms with Crippen molar-refractivity contribution in [2.24, 2.45) is 11.8 Å². The van der Waals surface area contributed by atoms with Gasteiger partial charge in [-0.15, -0.1) is 0 Å². The fourth-order valence-electron chi connectivity index (χ4n) is 4.55. The molecule has 6 nitrogen and oxygen atoms in total. The van der Waals surface area contributed by atoms with E-state index >= 15 is 0 Å². The molecule has 0 saturated carbocycles. The highest BCUT2D eigenvalue weighted by Crippen LogP contribution is 2.33. The number of carbonyl (C=O) groups excluding carboxylic acids is 1. The van der Waals surface area contributed by atoms with Crippen LogP contribution in [0.15, 0.2) is 36.0 Å². The van der Waals surface area contributed by atoms with E-state index in [2.05, 4.69) is 16.0 Å². The summed E-state index contributed by atoms with van der Waals surface area (Å²) < 4.78 is 11.0. The molecule has 0 aliphatic carbocycles. The number of carbonyl (C=O) groups is 1. The number of pyridine rings is 1. The monoisotopic (exact) mass is 371 g/mol. The van der Waals surface area contributed by atoms with E-state index in [9.17, 15) is 4.79 Å². The van der Waals surface area contributed by atoms with E-state index < -0.39 is 0 Å². The Morgan fingerprint density at radius 3 is 2.67 bits per heavy atom. The third-order valence-electron chi connectivity index (χ3n) is 6.10. The van der Waals surface area contributed by atoms with Gasteiger partial charge in [0, 0.05) is 32.0 Å². The molecular weight excluding hydrogens is 342 g/mol. The van der Waals surface area contributed by atoms with Crippen LogP contribution in [0.2, 0.25) is 0 Å². The number of likely N-dealkylation sites (tertiary alicyclic amines) is 2. The van der Waals surface area contributed by atoms with Gasteiger partial charge in [-0.2, -0.15) is 0 Å². The smallest absolute Gasteiger partial charge is 0.292 e. The van der Waals surface area contributed by atoms with Gasteiger partial charge in [-0.05, 0) is 62.7 Å². The Bertz CT molecular complexity index is 683. The molecule has 1 amide bonds. The summed E-state index contributed by atoms with van der Waals surface area (Å²) in [4.78, 5) is 21.4. The van der Waals surface area contributed by atoms with Crippen molar-refractivity contribution in [2.45, 2.75) is 32.7 Å². The first kappa shape index (κ1) is 18.3. The summed E-state index contributed by atoms with van der Waals surface area (Å²) in [6.07, 6.45) is 7.32. The van der Waals surface area contributed by atoms with E-state index in [4.69, 9.17) is 9.47 Å². The predicted molar refractivity (Wildman–Crippen MR) is 102 cm³/mol. The molecule has 2 saturated heterocycles. The van der Waals surface area contributed by atoms with Gasteiger partial charge in [0.25, 0.3) is 5.91 Å². The minimum absolute atomic E-state index is 0.00344. The Kier molecular flexibility index (Phi) is 5.62. The van der Waals surface area contributed by atoms with E-state index in [1.54, 1.807) is 0 Å². The largest absolute Gasteiger partial charge is 0.491 e. The van der Waals surface area contributed by atoms with Crippen LogP contribution in [-0.2, 0) is 20.8 Å². The molecule has 0 unspecified atom stereocenters. The van der Waals surface area contributed by atoms with Crippen LogP contribution in [0, 0.1) is 11.8 Å². The van der Waals surface area contributed by atoms with E-state index in [1.165, 1.54) is 18.4 Å².